The molecule has 1 aromatic carbocycles. The molecule has 2 aromatic rings. The highest BCUT2D eigenvalue weighted by Gasteiger charge is 2.40. The first-order valence-corrected chi connectivity index (χ1v) is 8.00. The molecule has 0 fully saturated rings. The molecule has 4 nitrogen and oxygen atoms in total. The molecule has 0 saturated heterocycles. The Balaban J connectivity index is 2.05. The summed E-state index contributed by atoms with van der Waals surface area (Å²) >= 11 is 1.70. The molecule has 0 unspecified atom stereocenters. The first-order chi connectivity index (χ1) is 9.70. The number of nitrogens with zero attached hydrogens (tertiary/aromatic N) is 2. The smallest absolute Gasteiger partial charge is 0.234 e. The maximum Gasteiger partial charge on any atom is 0.234 e. The Labute approximate surface area is 130 Å². The topological polar surface area (TPSA) is 64.9 Å². The summed E-state index contributed by atoms with van der Waals surface area (Å²) in [6, 6.07) is 8.41. The lowest BCUT2D eigenvalue weighted by Crippen LogP contribution is -2.50. The molecule has 114 valence electrons. The number of rotatable bonds is 5. The van der Waals surface area contributed by atoms with Gasteiger partial charge in [-0.05, 0) is 46.8 Å². The zero-order valence-corrected chi connectivity index (χ0v) is 14.1. The van der Waals surface area contributed by atoms with Crippen molar-refractivity contribution in [3.05, 3.63) is 41.5 Å². The molecule has 1 heterocycles. The number of thioether (sulfide) groups is 1. The lowest BCUT2D eigenvalue weighted by atomic mass is 9.75. The Morgan fingerprint density at radius 3 is 2.33 bits per heavy atom. The number of aromatic nitrogens is 2. The van der Waals surface area contributed by atoms with Gasteiger partial charge in [0.15, 0.2) is 5.82 Å². The normalized spacial score (nSPS) is 12.7. The van der Waals surface area contributed by atoms with Gasteiger partial charge in [0.25, 0.3) is 0 Å². The number of benzene rings is 1. The summed E-state index contributed by atoms with van der Waals surface area (Å²) in [5, 5.41) is 4.07. The van der Waals surface area contributed by atoms with Gasteiger partial charge < -0.3 is 10.3 Å². The van der Waals surface area contributed by atoms with Gasteiger partial charge in [-0.25, -0.2) is 0 Å². The van der Waals surface area contributed by atoms with Crippen LogP contribution in [-0.4, -0.2) is 15.7 Å². The maximum atomic E-state index is 6.20. The Kier molecular flexibility index (Phi) is 4.44. The Bertz CT molecular complexity index is 597. The largest absolute Gasteiger partial charge is 0.339 e. The molecule has 0 amide bonds. The van der Waals surface area contributed by atoms with Gasteiger partial charge in [-0.1, -0.05) is 22.9 Å². The molecule has 5 heteroatoms. The van der Waals surface area contributed by atoms with Gasteiger partial charge in [0.2, 0.25) is 5.89 Å². The molecular weight excluding hydrogens is 282 g/mol. The molecule has 0 aliphatic heterocycles. The van der Waals surface area contributed by atoms with Gasteiger partial charge in [0.1, 0.15) is 0 Å². The van der Waals surface area contributed by atoms with Crippen LogP contribution in [0.25, 0.3) is 0 Å². The van der Waals surface area contributed by atoms with Crippen molar-refractivity contribution >= 4 is 11.8 Å². The zero-order valence-electron chi connectivity index (χ0n) is 13.3. The molecule has 0 bridgehead atoms. The predicted molar refractivity (Wildman–Crippen MR) is 86.3 cm³/mol. The minimum absolute atomic E-state index is 0.368. The summed E-state index contributed by atoms with van der Waals surface area (Å²) in [5.74, 6) is 1.98. The molecule has 1 aromatic heterocycles. The third kappa shape index (κ3) is 3.66. The zero-order chi connectivity index (χ0) is 15.7. The Morgan fingerprint density at radius 2 is 1.76 bits per heavy atom. The minimum atomic E-state index is -0.430. The molecule has 0 radical (unpaired) electrons. The number of hydrogen-bond acceptors (Lipinski definition) is 5. The van der Waals surface area contributed by atoms with Crippen LogP contribution in [0.1, 0.15) is 45.0 Å². The predicted octanol–water partition coefficient (Wildman–Crippen LogP) is 3.69. The Hall–Kier alpha value is -1.33. The van der Waals surface area contributed by atoms with E-state index in [1.807, 2.05) is 27.7 Å². The quantitative estimate of drug-likeness (QED) is 0.854. The molecule has 0 aliphatic rings. The number of aryl methyl sites for hydroxylation is 1. The fourth-order valence-electron chi connectivity index (χ4n) is 1.62. The highest BCUT2D eigenvalue weighted by molar-refractivity contribution is 7.98. The van der Waals surface area contributed by atoms with Gasteiger partial charge >= 0.3 is 0 Å². The van der Waals surface area contributed by atoms with Crippen molar-refractivity contribution in [3.8, 4) is 0 Å². The average Bonchev–Trinajstić information content (AvgIpc) is 2.86. The summed E-state index contributed by atoms with van der Waals surface area (Å²) in [5.41, 5.74) is 6.66. The molecule has 0 spiro atoms. The van der Waals surface area contributed by atoms with E-state index in [1.54, 1.807) is 11.8 Å². The molecule has 21 heavy (non-hydrogen) atoms. The van der Waals surface area contributed by atoms with E-state index >= 15 is 0 Å². The third-order valence-corrected chi connectivity index (χ3v) is 5.01. The minimum Gasteiger partial charge on any atom is -0.339 e. The maximum absolute atomic E-state index is 6.20. The van der Waals surface area contributed by atoms with Crippen LogP contribution < -0.4 is 5.73 Å². The Morgan fingerprint density at radius 1 is 1.14 bits per heavy atom. The summed E-state index contributed by atoms with van der Waals surface area (Å²) in [4.78, 5) is 5.70. The van der Waals surface area contributed by atoms with Gasteiger partial charge in [-0.2, -0.15) is 4.98 Å². The van der Waals surface area contributed by atoms with E-state index in [2.05, 4.69) is 41.3 Å². The second-order valence-electron chi connectivity index (χ2n) is 6.46. The van der Waals surface area contributed by atoms with Crippen LogP contribution >= 0.6 is 11.8 Å². The van der Waals surface area contributed by atoms with E-state index in [0.717, 1.165) is 0 Å². The van der Waals surface area contributed by atoms with Crippen molar-refractivity contribution in [1.29, 1.82) is 0 Å². The van der Waals surface area contributed by atoms with Crippen molar-refractivity contribution in [3.63, 3.8) is 0 Å². The summed E-state index contributed by atoms with van der Waals surface area (Å²) < 4.78 is 5.41. The van der Waals surface area contributed by atoms with Gasteiger partial charge in [0, 0.05) is 10.4 Å². The van der Waals surface area contributed by atoms with Crippen LogP contribution in [0.2, 0.25) is 0 Å². The SMILES string of the molecule is Cc1ccc(SCc2noc(C(C)(C)C(C)(C)N)n2)cc1. The van der Waals surface area contributed by atoms with Crippen molar-refractivity contribution in [1.82, 2.24) is 10.1 Å². The van der Waals surface area contributed by atoms with E-state index in [0.29, 0.717) is 17.5 Å². The summed E-state index contributed by atoms with van der Waals surface area (Å²) in [6.07, 6.45) is 0. The van der Waals surface area contributed by atoms with Crippen LogP contribution in [-0.2, 0) is 11.2 Å². The lowest BCUT2D eigenvalue weighted by molar-refractivity contribution is 0.222. The van der Waals surface area contributed by atoms with Crippen LogP contribution in [0.4, 0.5) is 0 Å². The fourth-order valence-corrected chi connectivity index (χ4v) is 2.37. The molecule has 2 N–H and O–H groups in total. The highest BCUT2D eigenvalue weighted by Crippen LogP contribution is 2.32. The van der Waals surface area contributed by atoms with Crippen molar-refractivity contribution < 1.29 is 4.52 Å². The van der Waals surface area contributed by atoms with Crippen molar-refractivity contribution in [2.24, 2.45) is 5.73 Å². The van der Waals surface area contributed by atoms with Crippen LogP contribution in [0.3, 0.4) is 0 Å². The van der Waals surface area contributed by atoms with Crippen molar-refractivity contribution in [2.45, 2.75) is 56.2 Å². The molecule has 2 rings (SSSR count). The summed E-state index contributed by atoms with van der Waals surface area (Å²) in [6.45, 7) is 10.1. The first-order valence-electron chi connectivity index (χ1n) is 7.01. The number of nitrogens with two attached hydrogens (primary N) is 1. The second-order valence-corrected chi connectivity index (χ2v) is 7.51. The van der Waals surface area contributed by atoms with Crippen molar-refractivity contribution in [2.75, 3.05) is 0 Å². The van der Waals surface area contributed by atoms with Crippen LogP contribution in [0.5, 0.6) is 0 Å². The molecule has 0 aliphatic carbocycles. The van der Waals surface area contributed by atoms with Gasteiger partial charge in [0.05, 0.1) is 11.2 Å². The highest BCUT2D eigenvalue weighted by atomic mass is 32.2. The van der Waals surface area contributed by atoms with Crippen LogP contribution in [0.15, 0.2) is 33.7 Å². The summed E-state index contributed by atoms with van der Waals surface area (Å²) in [7, 11) is 0. The molecular formula is C16H23N3OS. The molecule has 0 saturated carbocycles. The van der Waals surface area contributed by atoms with E-state index in [1.165, 1.54) is 10.5 Å². The van der Waals surface area contributed by atoms with Gasteiger partial charge in [-0.15, -0.1) is 11.8 Å². The van der Waals surface area contributed by atoms with E-state index in [-0.39, 0.29) is 5.41 Å². The van der Waals surface area contributed by atoms with Gasteiger partial charge in [-0.3, -0.25) is 0 Å². The van der Waals surface area contributed by atoms with Crippen LogP contribution in [0, 0.1) is 6.92 Å². The van der Waals surface area contributed by atoms with E-state index in [4.69, 9.17) is 10.3 Å². The standard InChI is InChI=1S/C16H23N3OS/c1-11-6-8-12(9-7-11)21-10-13-18-14(20-19-13)15(2,3)16(4,5)17/h6-9H,10,17H2,1-5H3. The lowest BCUT2D eigenvalue weighted by Gasteiger charge is -2.34. The first kappa shape index (κ1) is 16.0. The number of hydrogen-bond donors (Lipinski definition) is 1. The average molecular weight is 305 g/mol. The van der Waals surface area contributed by atoms with E-state index in [9.17, 15) is 0 Å². The van der Waals surface area contributed by atoms with E-state index < -0.39 is 5.54 Å². The molecule has 0 atom stereocenters. The monoisotopic (exact) mass is 305 g/mol. The third-order valence-electron chi connectivity index (χ3n) is 4.00. The second kappa shape index (κ2) is 5.81. The fraction of sp³-hybridized carbons (Fsp3) is 0.500.